The third kappa shape index (κ3) is 2.87. The largest absolute Gasteiger partial charge is 0.377 e. The number of carbonyl (C=O) groups excluding carboxylic acids is 1. The summed E-state index contributed by atoms with van der Waals surface area (Å²) < 4.78 is 5.52. The number of ether oxygens (including phenoxy) is 1. The fourth-order valence-corrected chi connectivity index (χ4v) is 2.91. The van der Waals surface area contributed by atoms with Crippen LogP contribution in [0.5, 0.6) is 0 Å². The molecule has 2 aromatic rings. The van der Waals surface area contributed by atoms with Crippen LogP contribution < -0.4 is 0 Å². The maximum atomic E-state index is 13.0. The average Bonchev–Trinajstić information content (AvgIpc) is 3.11. The van der Waals surface area contributed by atoms with Gasteiger partial charge in [-0.1, -0.05) is 37.3 Å². The Labute approximate surface area is 129 Å². The molecule has 0 unspecified atom stereocenters. The zero-order chi connectivity index (χ0) is 15.4. The number of hydrogen-bond acceptors (Lipinski definition) is 4. The standard InChI is InChI=1S/C16H20N4O2/c1-2-13(12-6-4-3-5-7-12)16(21)20-8-9-22-10-14(20)15-17-11-18-19-15/h3-7,11,13-14H,2,8-10H2,1H3,(H,17,18,19)/t13-,14+/m0/s1. The van der Waals surface area contributed by atoms with Crippen LogP contribution in [0, 0.1) is 0 Å². The molecule has 1 aliphatic heterocycles. The van der Waals surface area contributed by atoms with E-state index in [4.69, 9.17) is 4.74 Å². The molecule has 22 heavy (non-hydrogen) atoms. The van der Waals surface area contributed by atoms with Crippen molar-refractivity contribution in [1.29, 1.82) is 0 Å². The number of amides is 1. The minimum absolute atomic E-state index is 0.124. The van der Waals surface area contributed by atoms with Crippen LogP contribution >= 0.6 is 0 Å². The molecule has 1 saturated heterocycles. The van der Waals surface area contributed by atoms with Gasteiger partial charge < -0.3 is 9.64 Å². The van der Waals surface area contributed by atoms with Crippen LogP contribution in [0.3, 0.4) is 0 Å². The highest BCUT2D eigenvalue weighted by Gasteiger charge is 2.34. The van der Waals surface area contributed by atoms with E-state index in [2.05, 4.69) is 15.2 Å². The Bertz CT molecular complexity index is 600. The van der Waals surface area contributed by atoms with Crippen LogP contribution in [-0.2, 0) is 9.53 Å². The second-order valence-corrected chi connectivity index (χ2v) is 5.36. The van der Waals surface area contributed by atoms with Crippen molar-refractivity contribution in [3.05, 3.63) is 48.0 Å². The number of carbonyl (C=O) groups is 1. The number of hydrogen-bond donors (Lipinski definition) is 1. The second-order valence-electron chi connectivity index (χ2n) is 5.36. The van der Waals surface area contributed by atoms with E-state index in [1.165, 1.54) is 6.33 Å². The molecule has 1 aromatic heterocycles. The lowest BCUT2D eigenvalue weighted by Crippen LogP contribution is -2.45. The summed E-state index contributed by atoms with van der Waals surface area (Å²) in [5, 5.41) is 6.74. The molecule has 1 N–H and O–H groups in total. The van der Waals surface area contributed by atoms with Crippen LogP contribution in [0.4, 0.5) is 0 Å². The zero-order valence-electron chi connectivity index (χ0n) is 12.6. The van der Waals surface area contributed by atoms with Gasteiger partial charge in [0.2, 0.25) is 5.91 Å². The Kier molecular flexibility index (Phi) is 4.48. The van der Waals surface area contributed by atoms with E-state index in [1.807, 2.05) is 42.2 Å². The third-order valence-electron chi connectivity index (χ3n) is 4.07. The average molecular weight is 300 g/mol. The van der Waals surface area contributed by atoms with Gasteiger partial charge in [0.15, 0.2) is 0 Å². The van der Waals surface area contributed by atoms with Gasteiger partial charge in [0.05, 0.1) is 19.1 Å². The predicted molar refractivity (Wildman–Crippen MR) is 81.1 cm³/mol. The molecule has 0 radical (unpaired) electrons. The number of aromatic nitrogens is 3. The topological polar surface area (TPSA) is 71.1 Å². The molecular weight excluding hydrogens is 280 g/mol. The summed E-state index contributed by atoms with van der Waals surface area (Å²) in [4.78, 5) is 19.1. The van der Waals surface area contributed by atoms with Gasteiger partial charge in [0, 0.05) is 6.54 Å². The molecule has 6 heteroatoms. The van der Waals surface area contributed by atoms with Crippen LogP contribution in [0.1, 0.15) is 36.7 Å². The zero-order valence-corrected chi connectivity index (χ0v) is 12.6. The Balaban J connectivity index is 1.85. The number of nitrogens with one attached hydrogen (secondary N) is 1. The minimum Gasteiger partial charge on any atom is -0.377 e. The highest BCUT2D eigenvalue weighted by molar-refractivity contribution is 5.84. The van der Waals surface area contributed by atoms with Crippen molar-refractivity contribution in [1.82, 2.24) is 20.1 Å². The van der Waals surface area contributed by atoms with E-state index in [0.717, 1.165) is 12.0 Å². The van der Waals surface area contributed by atoms with Crippen LogP contribution in [0.25, 0.3) is 0 Å². The van der Waals surface area contributed by atoms with Gasteiger partial charge in [-0.3, -0.25) is 9.89 Å². The van der Waals surface area contributed by atoms with E-state index in [0.29, 0.717) is 25.6 Å². The Morgan fingerprint density at radius 2 is 2.27 bits per heavy atom. The molecule has 2 heterocycles. The van der Waals surface area contributed by atoms with Crippen LogP contribution in [0.15, 0.2) is 36.7 Å². The molecule has 1 amide bonds. The quantitative estimate of drug-likeness (QED) is 0.936. The molecule has 116 valence electrons. The predicted octanol–water partition coefficient (Wildman–Crippen LogP) is 1.90. The molecule has 1 aliphatic rings. The number of nitrogens with zero attached hydrogens (tertiary/aromatic N) is 3. The summed E-state index contributed by atoms with van der Waals surface area (Å²) in [5.41, 5.74) is 1.05. The number of H-pyrrole nitrogens is 1. The maximum absolute atomic E-state index is 13.0. The summed E-state index contributed by atoms with van der Waals surface area (Å²) in [6.45, 7) is 3.63. The van der Waals surface area contributed by atoms with E-state index in [1.54, 1.807) is 0 Å². The van der Waals surface area contributed by atoms with Crippen molar-refractivity contribution in [2.75, 3.05) is 19.8 Å². The molecule has 0 spiro atoms. The van der Waals surface area contributed by atoms with Crippen LogP contribution in [-0.4, -0.2) is 45.7 Å². The maximum Gasteiger partial charge on any atom is 0.230 e. The fourth-order valence-electron chi connectivity index (χ4n) is 2.91. The molecule has 0 bridgehead atoms. The van der Waals surface area contributed by atoms with Gasteiger partial charge in [0.1, 0.15) is 18.2 Å². The van der Waals surface area contributed by atoms with Crippen LogP contribution in [0.2, 0.25) is 0 Å². The highest BCUT2D eigenvalue weighted by atomic mass is 16.5. The summed E-state index contributed by atoms with van der Waals surface area (Å²) in [5.74, 6) is 0.666. The first kappa shape index (κ1) is 14.7. The first-order chi connectivity index (χ1) is 10.8. The van der Waals surface area contributed by atoms with Crippen molar-refractivity contribution in [3.63, 3.8) is 0 Å². The van der Waals surface area contributed by atoms with E-state index < -0.39 is 0 Å². The SMILES string of the molecule is CC[C@H](C(=O)N1CCOC[C@@H]1c1ncn[nH]1)c1ccccc1. The highest BCUT2D eigenvalue weighted by Crippen LogP contribution is 2.28. The van der Waals surface area contributed by atoms with Gasteiger partial charge in [0.25, 0.3) is 0 Å². The van der Waals surface area contributed by atoms with E-state index >= 15 is 0 Å². The molecule has 3 rings (SSSR count). The summed E-state index contributed by atoms with van der Waals surface area (Å²) in [6, 6.07) is 9.73. The number of benzene rings is 1. The number of morpholine rings is 1. The Morgan fingerprint density at radius 1 is 1.45 bits per heavy atom. The second kappa shape index (κ2) is 6.70. The van der Waals surface area contributed by atoms with E-state index in [9.17, 15) is 4.79 Å². The van der Waals surface area contributed by atoms with Gasteiger partial charge in [-0.05, 0) is 12.0 Å². The van der Waals surface area contributed by atoms with E-state index in [-0.39, 0.29) is 17.9 Å². The molecular formula is C16H20N4O2. The molecule has 0 aliphatic carbocycles. The van der Waals surface area contributed by atoms with Crippen molar-refractivity contribution in [2.24, 2.45) is 0 Å². The lowest BCUT2D eigenvalue weighted by molar-refractivity contribution is -0.142. The third-order valence-corrected chi connectivity index (χ3v) is 4.07. The van der Waals surface area contributed by atoms with Gasteiger partial charge in [-0.2, -0.15) is 5.10 Å². The monoisotopic (exact) mass is 300 g/mol. The first-order valence-corrected chi connectivity index (χ1v) is 7.59. The minimum atomic E-state index is -0.193. The lowest BCUT2D eigenvalue weighted by Gasteiger charge is -2.36. The van der Waals surface area contributed by atoms with Gasteiger partial charge >= 0.3 is 0 Å². The van der Waals surface area contributed by atoms with Crippen molar-refractivity contribution >= 4 is 5.91 Å². The van der Waals surface area contributed by atoms with Gasteiger partial charge in [-0.25, -0.2) is 4.98 Å². The molecule has 0 saturated carbocycles. The van der Waals surface area contributed by atoms with Crippen molar-refractivity contribution < 1.29 is 9.53 Å². The van der Waals surface area contributed by atoms with Gasteiger partial charge in [-0.15, -0.1) is 0 Å². The smallest absolute Gasteiger partial charge is 0.230 e. The Hall–Kier alpha value is -2.21. The molecule has 1 aromatic carbocycles. The number of rotatable bonds is 4. The Morgan fingerprint density at radius 3 is 2.95 bits per heavy atom. The van der Waals surface area contributed by atoms with Crippen molar-refractivity contribution in [2.45, 2.75) is 25.3 Å². The number of aromatic amines is 1. The summed E-state index contributed by atoms with van der Waals surface area (Å²) in [6.07, 6.45) is 2.23. The fraction of sp³-hybridized carbons (Fsp3) is 0.438. The molecule has 2 atom stereocenters. The van der Waals surface area contributed by atoms with Crippen molar-refractivity contribution in [3.8, 4) is 0 Å². The normalized spacial score (nSPS) is 19.9. The lowest BCUT2D eigenvalue weighted by atomic mass is 9.94. The summed E-state index contributed by atoms with van der Waals surface area (Å²) in [7, 11) is 0. The summed E-state index contributed by atoms with van der Waals surface area (Å²) >= 11 is 0. The molecule has 6 nitrogen and oxygen atoms in total. The molecule has 1 fully saturated rings. The first-order valence-electron chi connectivity index (χ1n) is 7.59.